The largest absolute Gasteiger partial charge is 0.484 e. The summed E-state index contributed by atoms with van der Waals surface area (Å²) in [5, 5.41) is 0. The lowest BCUT2D eigenvalue weighted by atomic mass is 10.2. The minimum atomic E-state index is 0. The van der Waals surface area contributed by atoms with Gasteiger partial charge in [-0.3, -0.25) is 14.7 Å². The fraction of sp³-hybridized carbons (Fsp3) is 0.368. The Morgan fingerprint density at radius 3 is 2.46 bits per heavy atom. The van der Waals surface area contributed by atoms with E-state index in [0.717, 1.165) is 49.3 Å². The maximum Gasteiger partial charge on any atom is 0.260 e. The van der Waals surface area contributed by atoms with Gasteiger partial charge >= 0.3 is 0 Å². The number of hydrogen-bond donors (Lipinski definition) is 0. The molecule has 0 radical (unpaired) electrons. The van der Waals surface area contributed by atoms with Gasteiger partial charge in [0.25, 0.3) is 5.91 Å². The van der Waals surface area contributed by atoms with Crippen molar-refractivity contribution in [3.8, 4) is 5.75 Å². The van der Waals surface area contributed by atoms with E-state index < -0.39 is 0 Å². The second-order valence-electron chi connectivity index (χ2n) is 6.04. The lowest BCUT2D eigenvalue weighted by Gasteiger charge is -2.34. The number of hydrogen-bond acceptors (Lipinski definition) is 4. The number of pyridine rings is 1. The van der Waals surface area contributed by atoms with E-state index in [1.807, 2.05) is 47.5 Å². The van der Waals surface area contributed by atoms with Crippen molar-refractivity contribution in [2.75, 3.05) is 39.3 Å². The average Bonchev–Trinajstić information content (AvgIpc) is 2.67. The molecule has 1 saturated heterocycles. The number of benzene rings is 1. The van der Waals surface area contributed by atoms with Crippen molar-refractivity contribution < 1.29 is 9.53 Å². The van der Waals surface area contributed by atoms with Crippen LogP contribution in [-0.4, -0.2) is 60.0 Å². The average molecular weight is 441 g/mol. The number of carbonyl (C=O) groups is 1. The molecule has 0 atom stereocenters. The zero-order valence-electron chi connectivity index (χ0n) is 14.5. The Kier molecular flexibility index (Phi) is 8.35. The Labute approximate surface area is 168 Å². The Balaban J connectivity index is 0.00000243. The van der Waals surface area contributed by atoms with Crippen molar-refractivity contribution >= 4 is 34.2 Å². The van der Waals surface area contributed by atoms with Crippen molar-refractivity contribution in [1.29, 1.82) is 0 Å². The van der Waals surface area contributed by atoms with Crippen LogP contribution in [0.1, 0.15) is 5.69 Å². The standard InChI is InChI=1S/C19H22BrN3O2.ClH/c20-16-4-6-18(7-5-16)25-15-19(24)23-13-11-22(12-14-23)10-8-17-3-1-2-9-21-17;/h1-7,9H,8,10-15H2;1H. The lowest BCUT2D eigenvalue weighted by Crippen LogP contribution is -2.50. The number of amides is 1. The van der Waals surface area contributed by atoms with Crippen molar-refractivity contribution in [2.45, 2.75) is 6.42 Å². The van der Waals surface area contributed by atoms with Crippen LogP contribution in [0.4, 0.5) is 0 Å². The summed E-state index contributed by atoms with van der Waals surface area (Å²) < 4.78 is 6.57. The SMILES string of the molecule is Cl.O=C(COc1ccc(Br)cc1)N1CCN(CCc2ccccn2)CC1. The molecular formula is C19H23BrClN3O2. The van der Waals surface area contributed by atoms with Crippen LogP contribution in [0.3, 0.4) is 0 Å². The molecule has 2 aromatic rings. The third-order valence-electron chi connectivity index (χ3n) is 4.31. The number of ether oxygens (including phenoxy) is 1. The molecule has 3 rings (SSSR count). The minimum Gasteiger partial charge on any atom is -0.484 e. The molecule has 0 saturated carbocycles. The van der Waals surface area contributed by atoms with Crippen LogP contribution in [0.25, 0.3) is 0 Å². The number of aromatic nitrogens is 1. The fourth-order valence-corrected chi connectivity index (χ4v) is 3.07. The summed E-state index contributed by atoms with van der Waals surface area (Å²) in [6.07, 6.45) is 2.78. The summed E-state index contributed by atoms with van der Waals surface area (Å²) in [4.78, 5) is 20.9. The van der Waals surface area contributed by atoms with Crippen LogP contribution in [0.15, 0.2) is 53.1 Å². The fourth-order valence-electron chi connectivity index (χ4n) is 2.81. The van der Waals surface area contributed by atoms with Crippen LogP contribution < -0.4 is 4.74 Å². The maximum absolute atomic E-state index is 12.3. The predicted molar refractivity (Wildman–Crippen MR) is 108 cm³/mol. The van der Waals surface area contributed by atoms with E-state index in [-0.39, 0.29) is 24.9 Å². The summed E-state index contributed by atoms with van der Waals surface area (Å²) in [5.41, 5.74) is 1.11. The number of rotatable bonds is 6. The highest BCUT2D eigenvalue weighted by molar-refractivity contribution is 9.10. The van der Waals surface area contributed by atoms with Gasteiger partial charge in [-0.25, -0.2) is 0 Å². The van der Waals surface area contributed by atoms with E-state index >= 15 is 0 Å². The van der Waals surface area contributed by atoms with Gasteiger partial charge in [0, 0.05) is 55.5 Å². The van der Waals surface area contributed by atoms with Crippen LogP contribution in [0.5, 0.6) is 5.75 Å². The lowest BCUT2D eigenvalue weighted by molar-refractivity contribution is -0.135. The molecular weight excluding hydrogens is 418 g/mol. The Morgan fingerprint density at radius 2 is 1.81 bits per heavy atom. The van der Waals surface area contributed by atoms with Crippen LogP contribution in [0, 0.1) is 0 Å². The van der Waals surface area contributed by atoms with Gasteiger partial charge in [0.1, 0.15) is 5.75 Å². The van der Waals surface area contributed by atoms with E-state index in [1.165, 1.54) is 0 Å². The molecule has 0 bridgehead atoms. The molecule has 0 spiro atoms. The Bertz CT molecular complexity index is 677. The molecule has 140 valence electrons. The summed E-state index contributed by atoms with van der Waals surface area (Å²) in [7, 11) is 0. The van der Waals surface area contributed by atoms with Gasteiger partial charge in [-0.1, -0.05) is 22.0 Å². The summed E-state index contributed by atoms with van der Waals surface area (Å²) in [5.74, 6) is 0.762. The molecule has 0 unspecified atom stereocenters. The molecule has 5 nitrogen and oxygen atoms in total. The van der Waals surface area contributed by atoms with Gasteiger partial charge in [0.2, 0.25) is 0 Å². The molecule has 26 heavy (non-hydrogen) atoms. The first-order chi connectivity index (χ1) is 12.2. The van der Waals surface area contributed by atoms with Crippen molar-refractivity contribution in [1.82, 2.24) is 14.8 Å². The summed E-state index contributed by atoms with van der Waals surface area (Å²) in [6, 6.07) is 13.5. The zero-order valence-corrected chi connectivity index (χ0v) is 16.9. The highest BCUT2D eigenvalue weighted by atomic mass is 79.9. The molecule has 0 N–H and O–H groups in total. The molecule has 1 fully saturated rings. The van der Waals surface area contributed by atoms with E-state index in [0.29, 0.717) is 5.75 Å². The Hall–Kier alpha value is -1.63. The molecule has 0 aliphatic carbocycles. The van der Waals surface area contributed by atoms with E-state index in [4.69, 9.17) is 4.74 Å². The molecule has 1 amide bonds. The van der Waals surface area contributed by atoms with Gasteiger partial charge in [-0.15, -0.1) is 12.4 Å². The molecule has 1 aliphatic heterocycles. The highest BCUT2D eigenvalue weighted by Crippen LogP contribution is 2.16. The van der Waals surface area contributed by atoms with Crippen molar-refractivity contribution in [3.05, 3.63) is 58.8 Å². The normalized spacial score (nSPS) is 14.6. The second-order valence-corrected chi connectivity index (χ2v) is 6.95. The van der Waals surface area contributed by atoms with Crippen molar-refractivity contribution in [2.24, 2.45) is 0 Å². The first-order valence-electron chi connectivity index (χ1n) is 8.49. The molecule has 2 heterocycles. The zero-order chi connectivity index (χ0) is 17.5. The van der Waals surface area contributed by atoms with E-state index in [2.05, 4.69) is 31.9 Å². The number of carbonyl (C=O) groups excluding carboxylic acids is 1. The van der Waals surface area contributed by atoms with Crippen molar-refractivity contribution in [3.63, 3.8) is 0 Å². The summed E-state index contributed by atoms with van der Waals surface area (Å²) in [6.45, 7) is 4.38. The van der Waals surface area contributed by atoms with Crippen LogP contribution in [-0.2, 0) is 11.2 Å². The van der Waals surface area contributed by atoms with E-state index in [9.17, 15) is 4.79 Å². The molecule has 1 aromatic carbocycles. The third-order valence-corrected chi connectivity index (χ3v) is 4.84. The minimum absolute atomic E-state index is 0. The van der Waals surface area contributed by atoms with Crippen LogP contribution >= 0.6 is 28.3 Å². The van der Waals surface area contributed by atoms with Crippen LogP contribution in [0.2, 0.25) is 0 Å². The quantitative estimate of drug-likeness (QED) is 0.693. The first-order valence-corrected chi connectivity index (χ1v) is 9.28. The maximum atomic E-state index is 12.3. The molecule has 7 heteroatoms. The predicted octanol–water partition coefficient (Wildman–Crippen LogP) is 3.03. The summed E-state index contributed by atoms with van der Waals surface area (Å²) >= 11 is 3.38. The van der Waals surface area contributed by atoms with E-state index in [1.54, 1.807) is 0 Å². The third kappa shape index (κ3) is 6.27. The Morgan fingerprint density at radius 1 is 1.08 bits per heavy atom. The number of piperazine rings is 1. The topological polar surface area (TPSA) is 45.7 Å². The first kappa shape index (κ1) is 20.7. The smallest absolute Gasteiger partial charge is 0.260 e. The highest BCUT2D eigenvalue weighted by Gasteiger charge is 2.21. The van der Waals surface area contributed by atoms with Gasteiger partial charge in [0.15, 0.2) is 6.61 Å². The molecule has 1 aliphatic rings. The van der Waals surface area contributed by atoms with Gasteiger partial charge in [-0.2, -0.15) is 0 Å². The van der Waals surface area contributed by atoms with Gasteiger partial charge < -0.3 is 9.64 Å². The second kappa shape index (κ2) is 10.5. The monoisotopic (exact) mass is 439 g/mol. The van der Waals surface area contributed by atoms with Gasteiger partial charge in [-0.05, 0) is 36.4 Å². The number of halogens is 2. The molecule has 1 aromatic heterocycles. The van der Waals surface area contributed by atoms with Gasteiger partial charge in [0.05, 0.1) is 0 Å². The number of nitrogens with zero attached hydrogens (tertiary/aromatic N) is 3.